The van der Waals surface area contributed by atoms with Gasteiger partial charge < -0.3 is 10.5 Å². The van der Waals surface area contributed by atoms with Gasteiger partial charge in [0.2, 0.25) is 10.0 Å². The molecule has 1 aromatic rings. The Balaban J connectivity index is 2.91. The number of sulfonamides is 1. The quantitative estimate of drug-likeness (QED) is 0.771. The van der Waals surface area contributed by atoms with E-state index in [1.165, 1.54) is 19.2 Å². The van der Waals surface area contributed by atoms with Crippen molar-refractivity contribution in [3.8, 4) is 5.75 Å². The minimum atomic E-state index is -3.55. The Kier molecular flexibility index (Phi) is 4.98. The Bertz CT molecular complexity index is 500. The number of hydrogen-bond acceptors (Lipinski definition) is 4. The van der Waals surface area contributed by atoms with Gasteiger partial charge in [-0.15, -0.1) is 0 Å². The summed E-state index contributed by atoms with van der Waals surface area (Å²) in [6, 6.07) is 4.53. The lowest BCUT2D eigenvalue weighted by Crippen LogP contribution is -2.28. The number of anilines is 1. The van der Waals surface area contributed by atoms with Crippen molar-refractivity contribution in [2.75, 3.05) is 19.4 Å². The molecule has 0 saturated carbocycles. The van der Waals surface area contributed by atoms with Crippen molar-refractivity contribution in [3.63, 3.8) is 0 Å². The van der Waals surface area contributed by atoms with E-state index in [0.717, 1.165) is 6.42 Å². The molecule has 1 unspecified atom stereocenters. The van der Waals surface area contributed by atoms with E-state index in [9.17, 15) is 8.42 Å². The molecule has 1 aromatic carbocycles. The number of methoxy groups -OCH3 is 1. The van der Waals surface area contributed by atoms with Gasteiger partial charge in [-0.1, -0.05) is 20.3 Å². The standard InChI is InChI=1S/C12H20N2O3S/c1-4-9(2)8-14-18(15,16)12-6-5-10(17-3)7-11(12)13/h5-7,9,14H,4,8,13H2,1-3H3. The van der Waals surface area contributed by atoms with Crippen molar-refractivity contribution < 1.29 is 13.2 Å². The van der Waals surface area contributed by atoms with Crippen molar-refractivity contribution in [1.29, 1.82) is 0 Å². The molecule has 0 aliphatic heterocycles. The predicted octanol–water partition coefficient (Wildman–Crippen LogP) is 1.60. The first kappa shape index (κ1) is 14.8. The third kappa shape index (κ3) is 3.61. The topological polar surface area (TPSA) is 81.4 Å². The number of ether oxygens (including phenoxy) is 1. The fourth-order valence-corrected chi connectivity index (χ4v) is 2.65. The van der Waals surface area contributed by atoms with Crippen LogP contribution >= 0.6 is 0 Å². The SMILES string of the molecule is CCC(C)CNS(=O)(=O)c1ccc(OC)cc1N. The van der Waals surface area contributed by atoms with E-state index in [1.54, 1.807) is 6.07 Å². The normalized spacial score (nSPS) is 13.3. The second-order valence-corrected chi connectivity index (χ2v) is 6.00. The van der Waals surface area contributed by atoms with Gasteiger partial charge in [0.25, 0.3) is 0 Å². The zero-order valence-corrected chi connectivity index (χ0v) is 11.8. The molecule has 0 amide bonds. The summed E-state index contributed by atoms with van der Waals surface area (Å²) < 4.78 is 31.6. The van der Waals surface area contributed by atoms with E-state index < -0.39 is 10.0 Å². The van der Waals surface area contributed by atoms with Gasteiger partial charge in [-0.3, -0.25) is 0 Å². The lowest BCUT2D eigenvalue weighted by molar-refractivity contribution is 0.414. The summed E-state index contributed by atoms with van der Waals surface area (Å²) in [7, 11) is -2.05. The average Bonchev–Trinajstić information content (AvgIpc) is 2.35. The molecular formula is C12H20N2O3S. The minimum Gasteiger partial charge on any atom is -0.497 e. The molecule has 0 spiro atoms. The van der Waals surface area contributed by atoms with Gasteiger partial charge in [0, 0.05) is 12.6 Å². The van der Waals surface area contributed by atoms with Crippen LogP contribution in [0.15, 0.2) is 23.1 Å². The van der Waals surface area contributed by atoms with Crippen LogP contribution in [0.1, 0.15) is 20.3 Å². The Morgan fingerprint density at radius 3 is 2.61 bits per heavy atom. The number of nitrogen functional groups attached to an aromatic ring is 1. The highest BCUT2D eigenvalue weighted by Gasteiger charge is 2.18. The Hall–Kier alpha value is -1.27. The lowest BCUT2D eigenvalue weighted by Gasteiger charge is -2.12. The third-order valence-electron chi connectivity index (χ3n) is 2.83. The molecule has 0 fully saturated rings. The molecule has 102 valence electrons. The third-order valence-corrected chi connectivity index (χ3v) is 4.32. The fourth-order valence-electron chi connectivity index (χ4n) is 1.37. The fraction of sp³-hybridized carbons (Fsp3) is 0.500. The summed E-state index contributed by atoms with van der Waals surface area (Å²) in [6.45, 7) is 4.41. The summed E-state index contributed by atoms with van der Waals surface area (Å²) in [5, 5.41) is 0. The van der Waals surface area contributed by atoms with Gasteiger partial charge in [-0.25, -0.2) is 13.1 Å². The molecule has 0 radical (unpaired) electrons. The van der Waals surface area contributed by atoms with Crippen LogP contribution in [0.5, 0.6) is 5.75 Å². The number of rotatable bonds is 6. The maximum atomic E-state index is 12.0. The van der Waals surface area contributed by atoms with E-state index in [2.05, 4.69) is 4.72 Å². The molecule has 1 rings (SSSR count). The second kappa shape index (κ2) is 6.06. The van der Waals surface area contributed by atoms with Gasteiger partial charge in [-0.2, -0.15) is 0 Å². The Morgan fingerprint density at radius 1 is 1.44 bits per heavy atom. The van der Waals surface area contributed by atoms with Gasteiger partial charge >= 0.3 is 0 Å². The number of nitrogens with two attached hydrogens (primary N) is 1. The number of hydrogen-bond donors (Lipinski definition) is 2. The molecule has 6 heteroatoms. The van der Waals surface area contributed by atoms with E-state index in [0.29, 0.717) is 18.2 Å². The van der Waals surface area contributed by atoms with Crippen molar-refractivity contribution in [3.05, 3.63) is 18.2 Å². The molecule has 1 atom stereocenters. The van der Waals surface area contributed by atoms with Gasteiger partial charge in [0.1, 0.15) is 10.6 Å². The molecule has 0 heterocycles. The predicted molar refractivity (Wildman–Crippen MR) is 72.0 cm³/mol. The minimum absolute atomic E-state index is 0.0894. The highest BCUT2D eigenvalue weighted by atomic mass is 32.2. The summed E-state index contributed by atoms with van der Waals surface area (Å²) in [6.07, 6.45) is 0.917. The van der Waals surface area contributed by atoms with Crippen LogP contribution in [0.3, 0.4) is 0 Å². The maximum absolute atomic E-state index is 12.0. The van der Waals surface area contributed by atoms with Crippen LogP contribution in [-0.4, -0.2) is 22.1 Å². The van der Waals surface area contributed by atoms with Crippen LogP contribution in [0.2, 0.25) is 0 Å². The molecule has 0 aromatic heterocycles. The molecule has 0 bridgehead atoms. The van der Waals surface area contributed by atoms with Crippen molar-refractivity contribution in [2.24, 2.45) is 5.92 Å². The zero-order chi connectivity index (χ0) is 13.8. The molecule has 0 aliphatic rings. The van der Waals surface area contributed by atoms with Crippen LogP contribution in [0, 0.1) is 5.92 Å². The van der Waals surface area contributed by atoms with Gasteiger partial charge in [0.05, 0.1) is 12.8 Å². The highest BCUT2D eigenvalue weighted by molar-refractivity contribution is 7.89. The van der Waals surface area contributed by atoms with Crippen molar-refractivity contribution in [1.82, 2.24) is 4.72 Å². The Labute approximate surface area is 108 Å². The number of nitrogens with one attached hydrogen (secondary N) is 1. The average molecular weight is 272 g/mol. The van der Waals surface area contributed by atoms with E-state index in [1.807, 2.05) is 13.8 Å². The first-order valence-electron chi connectivity index (χ1n) is 5.84. The first-order chi connectivity index (χ1) is 8.40. The van der Waals surface area contributed by atoms with Gasteiger partial charge in [0.15, 0.2) is 0 Å². The summed E-state index contributed by atoms with van der Waals surface area (Å²) in [5.74, 6) is 0.827. The molecule has 5 nitrogen and oxygen atoms in total. The molecule has 0 saturated heterocycles. The lowest BCUT2D eigenvalue weighted by atomic mass is 10.1. The summed E-state index contributed by atoms with van der Waals surface area (Å²) in [5.41, 5.74) is 5.91. The Morgan fingerprint density at radius 2 is 2.11 bits per heavy atom. The van der Waals surface area contributed by atoms with E-state index >= 15 is 0 Å². The van der Waals surface area contributed by atoms with Gasteiger partial charge in [-0.05, 0) is 18.1 Å². The maximum Gasteiger partial charge on any atom is 0.242 e. The van der Waals surface area contributed by atoms with Crippen LogP contribution in [0.25, 0.3) is 0 Å². The zero-order valence-electron chi connectivity index (χ0n) is 10.9. The molecule has 3 N–H and O–H groups in total. The van der Waals surface area contributed by atoms with E-state index in [4.69, 9.17) is 10.5 Å². The summed E-state index contributed by atoms with van der Waals surface area (Å²) in [4.78, 5) is 0.0894. The monoisotopic (exact) mass is 272 g/mol. The molecular weight excluding hydrogens is 252 g/mol. The van der Waals surface area contributed by atoms with Crippen LogP contribution in [0.4, 0.5) is 5.69 Å². The summed E-state index contributed by atoms with van der Waals surface area (Å²) >= 11 is 0. The van der Waals surface area contributed by atoms with Crippen LogP contribution in [-0.2, 0) is 10.0 Å². The number of benzene rings is 1. The smallest absolute Gasteiger partial charge is 0.242 e. The van der Waals surface area contributed by atoms with Crippen molar-refractivity contribution in [2.45, 2.75) is 25.2 Å². The second-order valence-electron chi connectivity index (χ2n) is 4.27. The first-order valence-corrected chi connectivity index (χ1v) is 7.32. The molecule has 18 heavy (non-hydrogen) atoms. The highest BCUT2D eigenvalue weighted by Crippen LogP contribution is 2.23. The van der Waals surface area contributed by atoms with Crippen LogP contribution < -0.4 is 15.2 Å². The van der Waals surface area contributed by atoms with E-state index in [-0.39, 0.29) is 10.6 Å². The largest absolute Gasteiger partial charge is 0.497 e. The molecule has 0 aliphatic carbocycles. The van der Waals surface area contributed by atoms with Crippen molar-refractivity contribution >= 4 is 15.7 Å².